The average Bonchev–Trinajstić information content (AvgIpc) is 2.08. The second-order valence-corrected chi connectivity index (χ2v) is 2.35. The van der Waals surface area contributed by atoms with Crippen LogP contribution < -0.4 is 4.72 Å². The molecule has 0 aromatic carbocycles. The maximum atomic E-state index is 4.09. The molecule has 11 heavy (non-hydrogen) atoms. The van der Waals surface area contributed by atoms with Crippen molar-refractivity contribution in [1.82, 2.24) is 4.72 Å². The van der Waals surface area contributed by atoms with Gasteiger partial charge >= 0.3 is 0 Å². The third-order valence-electron chi connectivity index (χ3n) is 0.903. The molecule has 0 unspecified atom stereocenters. The highest BCUT2D eigenvalue weighted by molar-refractivity contribution is 7.97. The van der Waals surface area contributed by atoms with E-state index < -0.39 is 0 Å². The van der Waals surface area contributed by atoms with Gasteiger partial charge in [-0.15, -0.1) is 0 Å². The summed E-state index contributed by atoms with van der Waals surface area (Å²) < 4.78 is 2.93. The van der Waals surface area contributed by atoms with E-state index in [0.717, 1.165) is 6.54 Å². The summed E-state index contributed by atoms with van der Waals surface area (Å²) >= 11 is 1.56. The molecular weight excluding hydrogens is 156 g/mol. The van der Waals surface area contributed by atoms with Crippen LogP contribution in [0.1, 0.15) is 33.6 Å². The second kappa shape index (κ2) is 16.4. The van der Waals surface area contributed by atoms with Gasteiger partial charge in [-0.2, -0.15) is 0 Å². The fourth-order valence-electron chi connectivity index (χ4n) is 0.404. The Hall–Kier alpha value is -0.180. The summed E-state index contributed by atoms with van der Waals surface area (Å²) in [4.78, 5) is 4.09. The van der Waals surface area contributed by atoms with Crippen LogP contribution in [0.4, 0.5) is 0 Å². The zero-order valence-corrected chi connectivity index (χ0v) is 8.87. The molecule has 0 amide bonds. The van der Waals surface area contributed by atoms with Crippen molar-refractivity contribution >= 4 is 18.3 Å². The van der Waals surface area contributed by atoms with E-state index in [1.807, 2.05) is 20.1 Å². The lowest BCUT2D eigenvalue weighted by Crippen LogP contribution is -1.97. The van der Waals surface area contributed by atoms with Gasteiger partial charge in [0.2, 0.25) is 0 Å². The molecule has 0 aromatic rings. The van der Waals surface area contributed by atoms with Crippen molar-refractivity contribution in [1.29, 1.82) is 0 Å². The van der Waals surface area contributed by atoms with E-state index in [9.17, 15) is 0 Å². The first-order valence-corrected chi connectivity index (χ1v) is 5.41. The normalized spacial score (nSPS) is 9.09. The molecule has 0 radical (unpaired) electrons. The summed E-state index contributed by atoms with van der Waals surface area (Å²) in [6.07, 6.45) is 6.13. The number of hydrogen-bond acceptors (Lipinski definition) is 2. The summed E-state index contributed by atoms with van der Waals surface area (Å²) in [6.45, 7) is 7.11. The quantitative estimate of drug-likeness (QED) is 0.301. The van der Waals surface area contributed by atoms with Crippen LogP contribution in [0.3, 0.4) is 0 Å². The first kappa shape index (κ1) is 13.4. The van der Waals surface area contributed by atoms with Gasteiger partial charge in [0.25, 0.3) is 0 Å². The number of rotatable bonds is 5. The molecule has 0 heterocycles. The summed E-state index contributed by atoms with van der Waals surface area (Å²) in [5.41, 5.74) is 0. The number of unbranched alkanes of at least 4 members (excludes halogenated alkanes) is 1. The van der Waals surface area contributed by atoms with Crippen molar-refractivity contribution in [3.63, 3.8) is 0 Å². The summed E-state index contributed by atoms with van der Waals surface area (Å²) in [5.74, 6) is 0. The van der Waals surface area contributed by atoms with Crippen LogP contribution in [0, 0.1) is 0 Å². The van der Waals surface area contributed by atoms with Crippen LogP contribution in [-0.2, 0) is 0 Å². The molecule has 0 aliphatic heterocycles. The standard InChI is InChI=1S/C6H14N2S.C2H6/c1-3-4-5-7-6-8-9-2;1-2/h6H,3-5H2,1-2H3,(H,7,8);1-2H3. The maximum absolute atomic E-state index is 4.09. The third-order valence-corrected chi connectivity index (χ3v) is 1.24. The Morgan fingerprint density at radius 3 is 2.55 bits per heavy atom. The van der Waals surface area contributed by atoms with E-state index in [2.05, 4.69) is 16.6 Å². The van der Waals surface area contributed by atoms with Crippen molar-refractivity contribution < 1.29 is 0 Å². The molecule has 3 heteroatoms. The first-order valence-electron chi connectivity index (χ1n) is 4.18. The highest BCUT2D eigenvalue weighted by Gasteiger charge is 1.75. The van der Waals surface area contributed by atoms with Gasteiger partial charge in [0.05, 0.1) is 6.34 Å². The predicted molar refractivity (Wildman–Crippen MR) is 56.3 cm³/mol. The molecule has 2 nitrogen and oxygen atoms in total. The fraction of sp³-hybridized carbons (Fsp3) is 0.875. The van der Waals surface area contributed by atoms with E-state index in [-0.39, 0.29) is 0 Å². The minimum Gasteiger partial charge on any atom is -0.321 e. The van der Waals surface area contributed by atoms with Gasteiger partial charge in [-0.25, -0.2) is 0 Å². The van der Waals surface area contributed by atoms with E-state index in [0.29, 0.717) is 0 Å². The third kappa shape index (κ3) is 17.7. The molecule has 0 rings (SSSR count). The Morgan fingerprint density at radius 1 is 1.45 bits per heavy atom. The molecule has 0 saturated carbocycles. The minimum absolute atomic E-state index is 0.948. The molecule has 0 aromatic heterocycles. The summed E-state index contributed by atoms with van der Waals surface area (Å²) in [6, 6.07) is 0. The van der Waals surface area contributed by atoms with Crippen molar-refractivity contribution in [3.8, 4) is 0 Å². The lowest BCUT2D eigenvalue weighted by atomic mass is 10.3. The molecule has 68 valence electrons. The lowest BCUT2D eigenvalue weighted by Gasteiger charge is -1.90. The average molecular weight is 176 g/mol. The fourth-order valence-corrected chi connectivity index (χ4v) is 0.584. The van der Waals surface area contributed by atoms with Gasteiger partial charge in [-0.1, -0.05) is 39.1 Å². The van der Waals surface area contributed by atoms with Crippen molar-refractivity contribution in [2.45, 2.75) is 33.6 Å². The van der Waals surface area contributed by atoms with Crippen molar-refractivity contribution in [2.75, 3.05) is 12.8 Å². The van der Waals surface area contributed by atoms with Crippen molar-refractivity contribution in [2.24, 2.45) is 4.99 Å². The topological polar surface area (TPSA) is 24.4 Å². The van der Waals surface area contributed by atoms with Gasteiger partial charge in [-0.05, 0) is 6.42 Å². The number of aliphatic imine (C=N–C) groups is 1. The minimum atomic E-state index is 0.948. The predicted octanol–water partition coefficient (Wildman–Crippen LogP) is 2.71. The highest BCUT2D eigenvalue weighted by Crippen LogP contribution is 1.85. The SMILES string of the molecule is CC.CCCCN=CNSC. The molecule has 0 aliphatic carbocycles. The number of hydrogen-bond donors (Lipinski definition) is 1. The Bertz CT molecular complexity index is 74.5. The number of nitrogens with zero attached hydrogens (tertiary/aromatic N) is 1. The molecule has 0 fully saturated rings. The monoisotopic (exact) mass is 176 g/mol. The zero-order chi connectivity index (χ0) is 8.95. The zero-order valence-electron chi connectivity index (χ0n) is 8.05. The Labute approximate surface area is 75.0 Å². The highest BCUT2D eigenvalue weighted by atomic mass is 32.2. The van der Waals surface area contributed by atoms with Crippen LogP contribution in [0.15, 0.2) is 4.99 Å². The molecular formula is C8H20N2S. The molecule has 0 spiro atoms. The van der Waals surface area contributed by atoms with E-state index in [1.165, 1.54) is 12.8 Å². The van der Waals surface area contributed by atoms with Gasteiger partial charge < -0.3 is 4.72 Å². The molecule has 1 N–H and O–H groups in total. The molecule has 0 bridgehead atoms. The van der Waals surface area contributed by atoms with Gasteiger partial charge in [0.1, 0.15) is 0 Å². The first-order chi connectivity index (χ1) is 5.41. The maximum Gasteiger partial charge on any atom is 0.0922 e. The second-order valence-electron chi connectivity index (χ2n) is 1.71. The van der Waals surface area contributed by atoms with E-state index in [4.69, 9.17) is 0 Å². The van der Waals surface area contributed by atoms with E-state index in [1.54, 1.807) is 18.3 Å². The van der Waals surface area contributed by atoms with Crippen molar-refractivity contribution in [3.05, 3.63) is 0 Å². The van der Waals surface area contributed by atoms with E-state index >= 15 is 0 Å². The Balaban J connectivity index is 0. The Kier molecular flexibility index (Phi) is 20.0. The summed E-state index contributed by atoms with van der Waals surface area (Å²) in [5, 5.41) is 0. The largest absolute Gasteiger partial charge is 0.321 e. The lowest BCUT2D eigenvalue weighted by molar-refractivity contribution is 0.809. The van der Waals surface area contributed by atoms with Crippen LogP contribution in [0.25, 0.3) is 0 Å². The molecule has 0 atom stereocenters. The van der Waals surface area contributed by atoms with Crippen LogP contribution >= 0.6 is 11.9 Å². The van der Waals surface area contributed by atoms with Gasteiger partial charge in [0.15, 0.2) is 0 Å². The Morgan fingerprint density at radius 2 is 2.09 bits per heavy atom. The molecule has 0 saturated heterocycles. The van der Waals surface area contributed by atoms with Crippen LogP contribution in [-0.4, -0.2) is 19.1 Å². The van der Waals surface area contributed by atoms with Crippen LogP contribution in [0.5, 0.6) is 0 Å². The molecule has 0 aliphatic rings. The van der Waals surface area contributed by atoms with Crippen LogP contribution in [0.2, 0.25) is 0 Å². The number of nitrogens with one attached hydrogen (secondary N) is 1. The summed E-state index contributed by atoms with van der Waals surface area (Å²) in [7, 11) is 0. The smallest absolute Gasteiger partial charge is 0.0922 e. The van der Waals surface area contributed by atoms with Gasteiger partial charge in [0, 0.05) is 12.8 Å². The van der Waals surface area contributed by atoms with Gasteiger partial charge in [-0.3, -0.25) is 4.99 Å².